The number of amides is 1. The highest BCUT2D eigenvalue weighted by Crippen LogP contribution is 2.12. The average Bonchev–Trinajstić information content (AvgIpc) is 2.53. The molecule has 1 amide bonds. The number of rotatable bonds is 5. The lowest BCUT2D eigenvalue weighted by Gasteiger charge is -2.22. The topological polar surface area (TPSA) is 76.7 Å². The molecule has 21 heavy (non-hydrogen) atoms. The van der Waals surface area contributed by atoms with Gasteiger partial charge in [0, 0.05) is 5.69 Å². The summed E-state index contributed by atoms with van der Waals surface area (Å²) in [6, 6.07) is 6.62. The van der Waals surface area contributed by atoms with Crippen LogP contribution in [0.25, 0.3) is 0 Å². The number of anilines is 1. The summed E-state index contributed by atoms with van der Waals surface area (Å²) in [5, 5.41) is 5.95. The van der Waals surface area contributed by atoms with E-state index >= 15 is 0 Å². The van der Waals surface area contributed by atoms with E-state index in [4.69, 9.17) is 4.74 Å². The van der Waals surface area contributed by atoms with Crippen molar-refractivity contribution in [3.63, 3.8) is 0 Å². The molecule has 1 aromatic rings. The molecule has 1 aliphatic heterocycles. The van der Waals surface area contributed by atoms with E-state index in [-0.39, 0.29) is 18.6 Å². The van der Waals surface area contributed by atoms with E-state index in [1.54, 1.807) is 24.3 Å². The number of piperidine rings is 1. The van der Waals surface area contributed by atoms with Crippen molar-refractivity contribution < 1.29 is 19.1 Å². The van der Waals surface area contributed by atoms with Gasteiger partial charge in [0.1, 0.15) is 6.61 Å². The summed E-state index contributed by atoms with van der Waals surface area (Å²) >= 11 is 0. The van der Waals surface area contributed by atoms with Crippen LogP contribution >= 0.6 is 0 Å². The molecule has 0 aromatic heterocycles. The third-order valence-electron chi connectivity index (χ3n) is 3.30. The monoisotopic (exact) mass is 292 g/mol. The van der Waals surface area contributed by atoms with E-state index in [9.17, 15) is 9.59 Å². The van der Waals surface area contributed by atoms with Gasteiger partial charge in [-0.1, -0.05) is 6.07 Å². The van der Waals surface area contributed by atoms with Gasteiger partial charge in [-0.25, -0.2) is 4.79 Å². The minimum Gasteiger partial charge on any atom is -0.465 e. The van der Waals surface area contributed by atoms with Crippen LogP contribution in [0.3, 0.4) is 0 Å². The minimum atomic E-state index is -0.433. The Morgan fingerprint density at radius 3 is 2.81 bits per heavy atom. The van der Waals surface area contributed by atoms with Crippen molar-refractivity contribution in [2.75, 3.05) is 32.1 Å². The maximum absolute atomic E-state index is 11.8. The highest BCUT2D eigenvalue weighted by atomic mass is 16.5. The number of carbonyl (C=O) groups excluding carboxylic acids is 2. The molecule has 6 nitrogen and oxygen atoms in total. The number of benzene rings is 1. The van der Waals surface area contributed by atoms with Crippen molar-refractivity contribution in [1.82, 2.24) is 5.32 Å². The highest BCUT2D eigenvalue weighted by molar-refractivity contribution is 5.95. The van der Waals surface area contributed by atoms with Gasteiger partial charge in [-0.15, -0.1) is 0 Å². The standard InChI is InChI=1S/C15H20N2O4/c1-20-15(19)11-3-2-4-12(9-11)17-14(18)10-21-13-5-7-16-8-6-13/h2-4,9,13,16H,5-8,10H2,1H3,(H,17,18). The fourth-order valence-corrected chi connectivity index (χ4v) is 2.19. The van der Waals surface area contributed by atoms with Crippen LogP contribution in [0.15, 0.2) is 24.3 Å². The third kappa shape index (κ3) is 4.84. The zero-order valence-electron chi connectivity index (χ0n) is 12.1. The maximum atomic E-state index is 11.8. The molecule has 0 saturated carbocycles. The predicted molar refractivity (Wildman–Crippen MR) is 78.3 cm³/mol. The van der Waals surface area contributed by atoms with E-state index in [2.05, 4.69) is 15.4 Å². The number of esters is 1. The molecular weight excluding hydrogens is 272 g/mol. The Balaban J connectivity index is 1.83. The maximum Gasteiger partial charge on any atom is 0.337 e. The van der Waals surface area contributed by atoms with Crippen LogP contribution < -0.4 is 10.6 Å². The summed E-state index contributed by atoms with van der Waals surface area (Å²) in [7, 11) is 1.32. The van der Waals surface area contributed by atoms with Gasteiger partial charge in [0.25, 0.3) is 0 Å². The SMILES string of the molecule is COC(=O)c1cccc(NC(=O)COC2CCNCC2)c1. The summed E-state index contributed by atoms with van der Waals surface area (Å²) in [6.07, 6.45) is 1.98. The third-order valence-corrected chi connectivity index (χ3v) is 3.30. The second-order valence-corrected chi connectivity index (χ2v) is 4.88. The first-order valence-corrected chi connectivity index (χ1v) is 6.99. The molecule has 1 aromatic carbocycles. The molecule has 1 saturated heterocycles. The van der Waals surface area contributed by atoms with E-state index in [0.29, 0.717) is 11.3 Å². The molecule has 6 heteroatoms. The summed E-state index contributed by atoms with van der Waals surface area (Å²) in [6.45, 7) is 1.87. The number of methoxy groups -OCH3 is 1. The van der Waals surface area contributed by atoms with Crippen molar-refractivity contribution >= 4 is 17.6 Å². The molecule has 114 valence electrons. The molecule has 2 rings (SSSR count). The van der Waals surface area contributed by atoms with Crippen molar-refractivity contribution in [3.8, 4) is 0 Å². The summed E-state index contributed by atoms with van der Waals surface area (Å²) in [5.41, 5.74) is 0.950. The number of nitrogens with one attached hydrogen (secondary N) is 2. The van der Waals surface area contributed by atoms with Gasteiger partial charge in [0.05, 0.1) is 18.8 Å². The van der Waals surface area contributed by atoms with Crippen molar-refractivity contribution in [3.05, 3.63) is 29.8 Å². The first kappa shape index (κ1) is 15.5. The minimum absolute atomic E-state index is 0.0210. The molecule has 2 N–H and O–H groups in total. The number of ether oxygens (including phenoxy) is 2. The molecule has 0 bridgehead atoms. The Morgan fingerprint density at radius 1 is 1.33 bits per heavy atom. The molecule has 1 aliphatic rings. The average molecular weight is 292 g/mol. The van der Waals surface area contributed by atoms with Crippen LogP contribution in [0.2, 0.25) is 0 Å². The lowest BCUT2D eigenvalue weighted by molar-refractivity contribution is -0.123. The van der Waals surface area contributed by atoms with Crippen LogP contribution in [0.5, 0.6) is 0 Å². The van der Waals surface area contributed by atoms with E-state index in [0.717, 1.165) is 25.9 Å². The quantitative estimate of drug-likeness (QED) is 0.797. The molecule has 0 unspecified atom stereocenters. The fraction of sp³-hybridized carbons (Fsp3) is 0.467. The normalized spacial score (nSPS) is 15.5. The first-order chi connectivity index (χ1) is 10.2. The van der Waals surface area contributed by atoms with Gasteiger partial charge in [-0.3, -0.25) is 4.79 Å². The Labute approximate surface area is 123 Å². The molecule has 0 atom stereocenters. The zero-order chi connectivity index (χ0) is 15.1. The summed E-state index contributed by atoms with van der Waals surface area (Å²) < 4.78 is 10.2. The van der Waals surface area contributed by atoms with Gasteiger partial charge in [-0.2, -0.15) is 0 Å². The summed E-state index contributed by atoms with van der Waals surface area (Å²) in [5.74, 6) is -0.660. The van der Waals surface area contributed by atoms with Crippen LogP contribution in [-0.2, 0) is 14.3 Å². The molecule has 0 aliphatic carbocycles. The van der Waals surface area contributed by atoms with E-state index < -0.39 is 5.97 Å². The molecule has 1 heterocycles. The van der Waals surface area contributed by atoms with Crippen LogP contribution in [0.4, 0.5) is 5.69 Å². The number of carbonyl (C=O) groups is 2. The molecule has 1 fully saturated rings. The predicted octanol–water partition coefficient (Wildman–Crippen LogP) is 1.18. The van der Waals surface area contributed by atoms with Gasteiger partial charge in [0.2, 0.25) is 5.91 Å². The summed E-state index contributed by atoms with van der Waals surface area (Å²) in [4.78, 5) is 23.3. The van der Waals surface area contributed by atoms with Gasteiger partial charge >= 0.3 is 5.97 Å². The van der Waals surface area contributed by atoms with Crippen molar-refractivity contribution in [2.24, 2.45) is 0 Å². The Morgan fingerprint density at radius 2 is 2.10 bits per heavy atom. The van der Waals surface area contributed by atoms with Crippen LogP contribution in [0.1, 0.15) is 23.2 Å². The number of hydrogen-bond donors (Lipinski definition) is 2. The van der Waals surface area contributed by atoms with Gasteiger partial charge in [-0.05, 0) is 44.1 Å². The fourth-order valence-electron chi connectivity index (χ4n) is 2.19. The second-order valence-electron chi connectivity index (χ2n) is 4.88. The second kappa shape index (κ2) is 7.75. The first-order valence-electron chi connectivity index (χ1n) is 6.99. The zero-order valence-corrected chi connectivity index (χ0v) is 12.1. The Kier molecular flexibility index (Phi) is 5.71. The van der Waals surface area contributed by atoms with Gasteiger partial charge < -0.3 is 20.1 Å². The van der Waals surface area contributed by atoms with Crippen molar-refractivity contribution in [1.29, 1.82) is 0 Å². The lowest BCUT2D eigenvalue weighted by Crippen LogP contribution is -2.34. The lowest BCUT2D eigenvalue weighted by atomic mass is 10.1. The van der Waals surface area contributed by atoms with E-state index in [1.807, 2.05) is 0 Å². The largest absolute Gasteiger partial charge is 0.465 e. The van der Waals surface area contributed by atoms with Crippen LogP contribution in [0, 0.1) is 0 Å². The highest BCUT2D eigenvalue weighted by Gasteiger charge is 2.15. The van der Waals surface area contributed by atoms with Crippen LogP contribution in [-0.4, -0.2) is 44.8 Å². The smallest absolute Gasteiger partial charge is 0.337 e. The molecule has 0 radical (unpaired) electrons. The Hall–Kier alpha value is -1.92. The van der Waals surface area contributed by atoms with E-state index in [1.165, 1.54) is 7.11 Å². The number of hydrogen-bond acceptors (Lipinski definition) is 5. The molecular formula is C15H20N2O4. The van der Waals surface area contributed by atoms with Gasteiger partial charge in [0.15, 0.2) is 0 Å². The molecule has 0 spiro atoms. The Bertz CT molecular complexity index is 498. The van der Waals surface area contributed by atoms with Crippen molar-refractivity contribution in [2.45, 2.75) is 18.9 Å².